The number of ether oxygens (including phenoxy) is 1. The minimum atomic E-state index is -0.394. The van der Waals surface area contributed by atoms with Gasteiger partial charge in [-0.15, -0.1) is 0 Å². The van der Waals surface area contributed by atoms with Gasteiger partial charge in [-0.1, -0.05) is 98.0 Å². The Balaban J connectivity index is 1.58. The molecule has 2 aliphatic rings. The third kappa shape index (κ3) is 4.07. The van der Waals surface area contributed by atoms with Gasteiger partial charge in [0.05, 0.1) is 18.6 Å². The summed E-state index contributed by atoms with van der Waals surface area (Å²) in [5.41, 5.74) is 4.08. The maximum atomic E-state index is 13.9. The molecule has 0 spiro atoms. The van der Waals surface area contributed by atoms with Crippen LogP contribution in [-0.4, -0.2) is 17.9 Å². The second-order valence-electron chi connectivity index (χ2n) is 9.52. The number of carbonyl (C=O) groups excluding carboxylic acids is 1. The average molecular weight is 450 g/mol. The molecule has 1 saturated heterocycles. The number of hydrogen-bond acceptors (Lipinski definition) is 2. The maximum absolute atomic E-state index is 13.9. The Kier molecular flexibility index (Phi) is 6.10. The van der Waals surface area contributed by atoms with Crippen LogP contribution in [0.5, 0.6) is 5.75 Å². The monoisotopic (exact) mass is 449 g/mol. The second-order valence-corrected chi connectivity index (χ2v) is 9.52. The van der Waals surface area contributed by atoms with Crippen molar-refractivity contribution in [3.63, 3.8) is 0 Å². The highest BCUT2D eigenvalue weighted by atomic mass is 16.5. The third-order valence-electron chi connectivity index (χ3n) is 7.37. The first-order valence-corrected chi connectivity index (χ1v) is 12.0. The summed E-state index contributed by atoms with van der Waals surface area (Å²) >= 11 is 0. The molecule has 5 rings (SSSR count). The van der Waals surface area contributed by atoms with Crippen LogP contribution in [0.25, 0.3) is 12.2 Å². The molecule has 1 fully saturated rings. The number of rotatable bonds is 6. The Morgan fingerprint density at radius 1 is 0.971 bits per heavy atom. The number of amides is 1. The second kappa shape index (κ2) is 9.34. The molecule has 1 amide bonds. The van der Waals surface area contributed by atoms with Crippen LogP contribution in [0.1, 0.15) is 48.1 Å². The fraction of sp³-hybridized carbons (Fsp3) is 0.258. The summed E-state index contributed by atoms with van der Waals surface area (Å²) in [6.07, 6.45) is 10.6. The molecule has 34 heavy (non-hydrogen) atoms. The van der Waals surface area contributed by atoms with E-state index >= 15 is 0 Å². The van der Waals surface area contributed by atoms with E-state index in [0.29, 0.717) is 6.54 Å². The highest BCUT2D eigenvalue weighted by Crippen LogP contribution is 2.55. The average Bonchev–Trinajstić information content (AvgIpc) is 3.10. The molecule has 0 saturated carbocycles. The largest absolute Gasteiger partial charge is 0.496 e. The highest BCUT2D eigenvalue weighted by molar-refractivity contribution is 5.87. The van der Waals surface area contributed by atoms with Crippen molar-refractivity contribution in [1.29, 1.82) is 0 Å². The lowest BCUT2D eigenvalue weighted by molar-refractivity contribution is -0.137. The standard InChI is InChI=1S/C31H31NO2/c1-31-20-10-9-15-27(31)29(32(30(31)33)22-25-13-7-4-8-14-25)26-21-24(18-19-28(26)34-2)17-16-23-11-5-3-6-12-23/h3-9,11-19,21,27,29H,10,20,22H2,1-2H3/b17-16+. The number of allylic oxidation sites excluding steroid dienone is 1. The molecule has 0 aromatic heterocycles. The first-order valence-electron chi connectivity index (χ1n) is 12.0. The molecular weight excluding hydrogens is 418 g/mol. The zero-order chi connectivity index (χ0) is 23.5. The van der Waals surface area contributed by atoms with E-state index in [1.54, 1.807) is 7.11 Å². The predicted molar refractivity (Wildman–Crippen MR) is 138 cm³/mol. The molecule has 1 aliphatic carbocycles. The van der Waals surface area contributed by atoms with Crippen molar-refractivity contribution >= 4 is 18.1 Å². The molecule has 172 valence electrons. The molecule has 3 heteroatoms. The minimum Gasteiger partial charge on any atom is -0.496 e. The van der Waals surface area contributed by atoms with Crippen LogP contribution in [0.2, 0.25) is 0 Å². The molecule has 0 bridgehead atoms. The van der Waals surface area contributed by atoms with E-state index in [9.17, 15) is 4.79 Å². The molecular formula is C31H31NO2. The fourth-order valence-electron chi connectivity index (χ4n) is 5.51. The van der Waals surface area contributed by atoms with E-state index in [1.165, 1.54) is 0 Å². The lowest BCUT2D eigenvalue weighted by atomic mass is 9.69. The van der Waals surface area contributed by atoms with Gasteiger partial charge in [0.1, 0.15) is 5.75 Å². The van der Waals surface area contributed by atoms with Gasteiger partial charge in [-0.25, -0.2) is 0 Å². The van der Waals surface area contributed by atoms with Crippen molar-refractivity contribution < 1.29 is 9.53 Å². The van der Waals surface area contributed by atoms with Gasteiger partial charge in [-0.3, -0.25) is 4.79 Å². The van der Waals surface area contributed by atoms with Crippen LogP contribution in [0.15, 0.2) is 91.0 Å². The van der Waals surface area contributed by atoms with E-state index < -0.39 is 5.41 Å². The number of fused-ring (bicyclic) bond motifs is 1. The van der Waals surface area contributed by atoms with Crippen molar-refractivity contribution in [2.75, 3.05) is 7.11 Å². The van der Waals surface area contributed by atoms with Crippen molar-refractivity contribution in [3.05, 3.63) is 113 Å². The first-order chi connectivity index (χ1) is 16.6. The van der Waals surface area contributed by atoms with E-state index in [-0.39, 0.29) is 17.9 Å². The van der Waals surface area contributed by atoms with E-state index in [4.69, 9.17) is 4.74 Å². The van der Waals surface area contributed by atoms with Gasteiger partial charge in [-0.2, -0.15) is 0 Å². The Hall–Kier alpha value is -3.59. The Labute approximate surface area is 202 Å². The van der Waals surface area contributed by atoms with Gasteiger partial charge in [0.25, 0.3) is 0 Å². The molecule has 3 aromatic carbocycles. The molecule has 3 unspecified atom stereocenters. The van der Waals surface area contributed by atoms with Crippen molar-refractivity contribution in [2.24, 2.45) is 11.3 Å². The van der Waals surface area contributed by atoms with Crippen molar-refractivity contribution in [1.82, 2.24) is 4.90 Å². The minimum absolute atomic E-state index is 0.0747. The number of likely N-dealkylation sites (tertiary alicyclic amines) is 1. The number of hydrogen-bond donors (Lipinski definition) is 0. The van der Waals surface area contributed by atoms with Crippen LogP contribution in [0.3, 0.4) is 0 Å². The summed E-state index contributed by atoms with van der Waals surface area (Å²) in [7, 11) is 1.71. The van der Waals surface area contributed by atoms with Crippen LogP contribution in [-0.2, 0) is 11.3 Å². The lowest BCUT2D eigenvalue weighted by Crippen LogP contribution is -2.34. The fourth-order valence-corrected chi connectivity index (χ4v) is 5.51. The Morgan fingerprint density at radius 3 is 2.41 bits per heavy atom. The molecule has 1 heterocycles. The number of carbonyl (C=O) groups is 1. The van der Waals surface area contributed by atoms with Crippen molar-refractivity contribution in [2.45, 2.75) is 32.4 Å². The summed E-state index contributed by atoms with van der Waals surface area (Å²) in [5.74, 6) is 1.18. The summed E-state index contributed by atoms with van der Waals surface area (Å²) in [6.45, 7) is 2.74. The summed E-state index contributed by atoms with van der Waals surface area (Å²) in [4.78, 5) is 16.0. The van der Waals surface area contributed by atoms with Gasteiger partial charge >= 0.3 is 0 Å². The van der Waals surface area contributed by atoms with E-state index in [1.807, 2.05) is 42.5 Å². The maximum Gasteiger partial charge on any atom is 0.230 e. The van der Waals surface area contributed by atoms with Gasteiger partial charge in [0, 0.05) is 18.0 Å². The van der Waals surface area contributed by atoms with Crippen LogP contribution >= 0.6 is 0 Å². The summed E-state index contributed by atoms with van der Waals surface area (Å²) < 4.78 is 5.84. The van der Waals surface area contributed by atoms with Gasteiger partial charge < -0.3 is 9.64 Å². The summed E-state index contributed by atoms with van der Waals surface area (Å²) in [5, 5.41) is 0. The number of benzene rings is 3. The Bertz CT molecular complexity index is 1210. The van der Waals surface area contributed by atoms with E-state index in [2.05, 4.69) is 72.5 Å². The van der Waals surface area contributed by atoms with Gasteiger partial charge in [0.15, 0.2) is 0 Å². The van der Waals surface area contributed by atoms with Crippen LogP contribution in [0.4, 0.5) is 0 Å². The molecule has 0 N–H and O–H groups in total. The highest BCUT2D eigenvalue weighted by Gasteiger charge is 2.56. The zero-order valence-corrected chi connectivity index (χ0v) is 19.9. The molecule has 3 aromatic rings. The quantitative estimate of drug-likeness (QED) is 0.302. The molecule has 0 radical (unpaired) electrons. The zero-order valence-electron chi connectivity index (χ0n) is 19.9. The third-order valence-corrected chi connectivity index (χ3v) is 7.37. The number of nitrogens with zero attached hydrogens (tertiary/aromatic N) is 1. The van der Waals surface area contributed by atoms with E-state index in [0.717, 1.165) is 40.8 Å². The molecule has 3 nitrogen and oxygen atoms in total. The lowest BCUT2D eigenvalue weighted by Gasteiger charge is -2.32. The smallest absolute Gasteiger partial charge is 0.230 e. The van der Waals surface area contributed by atoms with Crippen LogP contribution in [0, 0.1) is 11.3 Å². The molecule has 1 aliphatic heterocycles. The number of methoxy groups -OCH3 is 1. The molecule has 3 atom stereocenters. The Morgan fingerprint density at radius 2 is 1.68 bits per heavy atom. The van der Waals surface area contributed by atoms with Gasteiger partial charge in [0.2, 0.25) is 5.91 Å². The first kappa shape index (κ1) is 22.2. The summed E-state index contributed by atoms with van der Waals surface area (Å²) in [6, 6.07) is 26.8. The normalized spacial score (nSPS) is 23.9. The van der Waals surface area contributed by atoms with Crippen molar-refractivity contribution in [3.8, 4) is 5.75 Å². The SMILES string of the molecule is COc1ccc(/C=C/c2ccccc2)cc1C1C2C=CCCC2(C)C(=O)N1Cc1ccccc1. The topological polar surface area (TPSA) is 29.5 Å². The van der Waals surface area contributed by atoms with Crippen LogP contribution < -0.4 is 4.74 Å². The van der Waals surface area contributed by atoms with Gasteiger partial charge in [-0.05, 0) is 41.7 Å². The predicted octanol–water partition coefficient (Wildman–Crippen LogP) is 6.92.